The molecule has 0 bridgehead atoms. The topological polar surface area (TPSA) is 50.6 Å². The largest absolute Gasteiger partial charge is 0.497 e. The smallest absolute Gasteiger partial charge is 0.276 e. The number of halogens is 2. The Kier molecular flexibility index (Phi) is 4.92. The fourth-order valence-corrected chi connectivity index (χ4v) is 3.44. The van der Waals surface area contributed by atoms with Crippen LogP contribution in [0, 0.1) is 11.6 Å². The van der Waals surface area contributed by atoms with Gasteiger partial charge in [0, 0.05) is 31.0 Å². The summed E-state index contributed by atoms with van der Waals surface area (Å²) in [6, 6.07) is 12.5. The minimum atomic E-state index is -0.714. The molecule has 2 heterocycles. The Morgan fingerprint density at radius 1 is 1.07 bits per heavy atom. The second-order valence-corrected chi connectivity index (χ2v) is 6.88. The number of hydrogen-bond donors (Lipinski definition) is 0. The van der Waals surface area contributed by atoms with Crippen LogP contribution in [0.4, 0.5) is 20.2 Å². The van der Waals surface area contributed by atoms with Crippen molar-refractivity contribution in [3.05, 3.63) is 71.6 Å². The minimum absolute atomic E-state index is 0.205. The molecule has 0 saturated carbocycles. The van der Waals surface area contributed by atoms with E-state index in [0.717, 1.165) is 35.3 Å². The van der Waals surface area contributed by atoms with Crippen LogP contribution in [0.1, 0.15) is 16.2 Å². The Morgan fingerprint density at radius 3 is 2.41 bits per heavy atom. The Hall–Kier alpha value is -3.42. The summed E-state index contributed by atoms with van der Waals surface area (Å²) >= 11 is 0. The highest BCUT2D eigenvalue weighted by atomic mass is 19.1. The molecule has 1 amide bonds. The number of nitrogens with zero attached hydrogens (tertiary/aromatic N) is 4. The standard InChI is InChI=1S/C21H20F2N4O2/c1-25(17-3-5-19(29-2)6-4-17)13-16-12-20-21(28)26(7-8-27(20)24-16)18-10-14(22)9-15(23)11-18/h3-6,9-12H,7-8,13H2,1-2H3. The van der Waals surface area contributed by atoms with Gasteiger partial charge in [0.2, 0.25) is 0 Å². The third kappa shape index (κ3) is 3.78. The van der Waals surface area contributed by atoms with Crippen LogP contribution in [0.2, 0.25) is 0 Å². The van der Waals surface area contributed by atoms with Crippen molar-refractivity contribution in [3.63, 3.8) is 0 Å². The Morgan fingerprint density at radius 2 is 1.76 bits per heavy atom. The molecule has 6 nitrogen and oxygen atoms in total. The van der Waals surface area contributed by atoms with Crippen molar-refractivity contribution in [1.29, 1.82) is 0 Å². The van der Waals surface area contributed by atoms with Crippen LogP contribution in [0.3, 0.4) is 0 Å². The van der Waals surface area contributed by atoms with Crippen molar-refractivity contribution in [2.24, 2.45) is 0 Å². The lowest BCUT2D eigenvalue weighted by atomic mass is 10.2. The van der Waals surface area contributed by atoms with E-state index in [0.29, 0.717) is 25.3 Å². The monoisotopic (exact) mass is 398 g/mol. The molecular formula is C21H20F2N4O2. The zero-order chi connectivity index (χ0) is 20.5. The summed E-state index contributed by atoms with van der Waals surface area (Å²) in [6.07, 6.45) is 0. The molecule has 8 heteroatoms. The lowest BCUT2D eigenvalue weighted by Gasteiger charge is -2.27. The molecule has 1 aromatic heterocycles. The summed E-state index contributed by atoms with van der Waals surface area (Å²) < 4.78 is 33.9. The fraction of sp³-hybridized carbons (Fsp3) is 0.238. The normalized spacial score (nSPS) is 13.4. The fourth-order valence-electron chi connectivity index (χ4n) is 3.44. The van der Waals surface area contributed by atoms with Gasteiger partial charge in [-0.3, -0.25) is 9.48 Å². The van der Waals surface area contributed by atoms with Gasteiger partial charge in [0.1, 0.15) is 23.1 Å². The number of rotatable bonds is 5. The Bertz CT molecular complexity index is 1030. The van der Waals surface area contributed by atoms with E-state index in [9.17, 15) is 13.6 Å². The SMILES string of the molecule is COc1ccc(N(C)Cc2cc3n(n2)CCN(c2cc(F)cc(F)c2)C3=O)cc1. The first-order valence-corrected chi connectivity index (χ1v) is 9.14. The highest BCUT2D eigenvalue weighted by molar-refractivity contribution is 6.05. The van der Waals surface area contributed by atoms with E-state index in [1.54, 1.807) is 17.9 Å². The van der Waals surface area contributed by atoms with Crippen molar-refractivity contribution in [3.8, 4) is 5.75 Å². The van der Waals surface area contributed by atoms with Crippen LogP contribution < -0.4 is 14.5 Å². The van der Waals surface area contributed by atoms with Crippen molar-refractivity contribution >= 4 is 17.3 Å². The average molecular weight is 398 g/mol. The molecule has 0 radical (unpaired) electrons. The number of anilines is 2. The van der Waals surface area contributed by atoms with Gasteiger partial charge in [-0.25, -0.2) is 8.78 Å². The third-order valence-corrected chi connectivity index (χ3v) is 4.90. The molecule has 29 heavy (non-hydrogen) atoms. The van der Waals surface area contributed by atoms with E-state index < -0.39 is 11.6 Å². The molecule has 150 valence electrons. The van der Waals surface area contributed by atoms with Gasteiger partial charge in [0.25, 0.3) is 5.91 Å². The molecule has 4 rings (SSSR count). The van der Waals surface area contributed by atoms with Crippen LogP contribution in [0.5, 0.6) is 5.75 Å². The first-order chi connectivity index (χ1) is 13.9. The van der Waals surface area contributed by atoms with Crippen LogP contribution >= 0.6 is 0 Å². The predicted octanol–water partition coefficient (Wildman–Crippen LogP) is 3.47. The second kappa shape index (κ2) is 7.54. The summed E-state index contributed by atoms with van der Waals surface area (Å²) in [6.45, 7) is 1.25. The van der Waals surface area contributed by atoms with Crippen LogP contribution in [-0.4, -0.2) is 36.4 Å². The maximum atomic E-state index is 13.6. The van der Waals surface area contributed by atoms with Crippen LogP contribution in [0.25, 0.3) is 0 Å². The van der Waals surface area contributed by atoms with Crippen LogP contribution in [-0.2, 0) is 13.1 Å². The second-order valence-electron chi connectivity index (χ2n) is 6.88. The maximum absolute atomic E-state index is 13.6. The molecule has 0 atom stereocenters. The molecule has 0 N–H and O–H groups in total. The molecule has 2 aromatic carbocycles. The van der Waals surface area contributed by atoms with Gasteiger partial charge in [-0.2, -0.15) is 5.10 Å². The molecule has 0 unspecified atom stereocenters. The Balaban J connectivity index is 1.53. The van der Waals surface area contributed by atoms with E-state index in [1.807, 2.05) is 36.2 Å². The van der Waals surface area contributed by atoms with E-state index in [1.165, 1.54) is 4.90 Å². The first-order valence-electron chi connectivity index (χ1n) is 9.14. The number of carbonyl (C=O) groups excluding carboxylic acids is 1. The number of fused-ring (bicyclic) bond motifs is 1. The molecule has 0 aliphatic carbocycles. The van der Waals surface area contributed by atoms with E-state index in [-0.39, 0.29) is 11.6 Å². The minimum Gasteiger partial charge on any atom is -0.497 e. The van der Waals surface area contributed by atoms with Gasteiger partial charge < -0.3 is 14.5 Å². The van der Waals surface area contributed by atoms with E-state index >= 15 is 0 Å². The van der Waals surface area contributed by atoms with Crippen molar-refractivity contribution in [1.82, 2.24) is 9.78 Å². The lowest BCUT2D eigenvalue weighted by Crippen LogP contribution is -2.40. The van der Waals surface area contributed by atoms with Gasteiger partial charge in [0.05, 0.1) is 25.9 Å². The van der Waals surface area contributed by atoms with Gasteiger partial charge in [-0.15, -0.1) is 0 Å². The number of benzene rings is 2. The van der Waals surface area contributed by atoms with Gasteiger partial charge >= 0.3 is 0 Å². The number of ether oxygens (including phenoxy) is 1. The van der Waals surface area contributed by atoms with Crippen molar-refractivity contribution in [2.75, 3.05) is 30.5 Å². The lowest BCUT2D eigenvalue weighted by molar-refractivity contribution is 0.0962. The quantitative estimate of drug-likeness (QED) is 0.661. The first kappa shape index (κ1) is 18.9. The number of carbonyl (C=O) groups is 1. The van der Waals surface area contributed by atoms with Gasteiger partial charge in [-0.05, 0) is 42.5 Å². The molecular weight excluding hydrogens is 378 g/mol. The summed E-state index contributed by atoms with van der Waals surface area (Å²) in [5.74, 6) is -0.978. The average Bonchev–Trinajstić information content (AvgIpc) is 3.11. The molecule has 1 aliphatic heterocycles. The molecule has 1 aliphatic rings. The molecule has 0 fully saturated rings. The zero-order valence-electron chi connectivity index (χ0n) is 16.1. The van der Waals surface area contributed by atoms with Crippen LogP contribution in [0.15, 0.2) is 48.5 Å². The predicted molar refractivity (Wildman–Crippen MR) is 105 cm³/mol. The number of methoxy groups -OCH3 is 1. The number of hydrogen-bond acceptors (Lipinski definition) is 4. The summed E-state index contributed by atoms with van der Waals surface area (Å²) in [7, 11) is 3.55. The Labute approximate surface area is 166 Å². The number of amides is 1. The molecule has 3 aromatic rings. The van der Waals surface area contributed by atoms with Gasteiger partial charge in [0.15, 0.2) is 0 Å². The van der Waals surface area contributed by atoms with Gasteiger partial charge in [-0.1, -0.05) is 0 Å². The van der Waals surface area contributed by atoms with Crippen molar-refractivity contribution < 1.29 is 18.3 Å². The highest BCUT2D eigenvalue weighted by Crippen LogP contribution is 2.25. The summed E-state index contributed by atoms with van der Waals surface area (Å²) in [5, 5.41) is 4.52. The van der Waals surface area contributed by atoms with E-state index in [2.05, 4.69) is 5.10 Å². The summed E-state index contributed by atoms with van der Waals surface area (Å²) in [4.78, 5) is 16.3. The van der Waals surface area contributed by atoms with Crippen molar-refractivity contribution in [2.45, 2.75) is 13.1 Å². The number of aromatic nitrogens is 2. The molecule has 0 saturated heterocycles. The third-order valence-electron chi connectivity index (χ3n) is 4.90. The zero-order valence-corrected chi connectivity index (χ0v) is 16.1. The molecule has 0 spiro atoms. The summed E-state index contributed by atoms with van der Waals surface area (Å²) in [5.41, 5.74) is 2.33. The maximum Gasteiger partial charge on any atom is 0.276 e. The highest BCUT2D eigenvalue weighted by Gasteiger charge is 2.28. The van der Waals surface area contributed by atoms with E-state index in [4.69, 9.17) is 4.74 Å².